The van der Waals surface area contributed by atoms with Crippen LogP contribution < -0.4 is 5.32 Å². The Labute approximate surface area is 171 Å². The third-order valence-corrected chi connectivity index (χ3v) is 5.99. The minimum absolute atomic E-state index is 0.136. The van der Waals surface area contributed by atoms with E-state index >= 15 is 0 Å². The van der Waals surface area contributed by atoms with E-state index in [1.165, 1.54) is 6.42 Å². The van der Waals surface area contributed by atoms with Crippen LogP contribution in [-0.2, 0) is 23.2 Å². The first-order chi connectivity index (χ1) is 14.2. The molecule has 0 aliphatic carbocycles. The van der Waals surface area contributed by atoms with Crippen molar-refractivity contribution in [3.05, 3.63) is 47.1 Å². The Morgan fingerprint density at radius 1 is 1.21 bits per heavy atom. The predicted octanol–water partition coefficient (Wildman–Crippen LogP) is 3.05. The fourth-order valence-electron chi connectivity index (χ4n) is 4.14. The Hall–Kier alpha value is -2.25. The maximum atomic E-state index is 12.8. The van der Waals surface area contributed by atoms with E-state index in [4.69, 9.17) is 9.26 Å². The first-order valence-corrected chi connectivity index (χ1v) is 10.7. The molecule has 7 heteroatoms. The number of carbonyl (C=O) groups is 1. The summed E-state index contributed by atoms with van der Waals surface area (Å²) in [6.07, 6.45) is 5.73. The molecule has 1 aromatic heterocycles. The van der Waals surface area contributed by atoms with Crippen LogP contribution in [0, 0.1) is 0 Å². The van der Waals surface area contributed by atoms with Crippen LogP contribution in [0.2, 0.25) is 0 Å². The lowest BCUT2D eigenvalue weighted by Crippen LogP contribution is -2.46. The van der Waals surface area contributed by atoms with Crippen molar-refractivity contribution in [1.29, 1.82) is 0 Å². The number of hydrogen-bond donors (Lipinski definition) is 1. The maximum Gasteiger partial charge on any atom is 0.253 e. The average Bonchev–Trinajstić information content (AvgIpc) is 3.29. The molecule has 29 heavy (non-hydrogen) atoms. The van der Waals surface area contributed by atoms with Gasteiger partial charge in [-0.2, -0.15) is 4.98 Å². The Kier molecular flexibility index (Phi) is 6.25. The van der Waals surface area contributed by atoms with Gasteiger partial charge in [0.2, 0.25) is 5.89 Å². The van der Waals surface area contributed by atoms with Gasteiger partial charge in [-0.25, -0.2) is 0 Å². The number of benzene rings is 1. The van der Waals surface area contributed by atoms with Crippen LogP contribution in [0.1, 0.15) is 66.7 Å². The molecule has 0 unspecified atom stereocenters. The predicted molar refractivity (Wildman–Crippen MR) is 108 cm³/mol. The molecule has 0 radical (unpaired) electrons. The molecule has 0 spiro atoms. The van der Waals surface area contributed by atoms with Crippen molar-refractivity contribution in [2.45, 2.75) is 57.5 Å². The zero-order chi connectivity index (χ0) is 20.1. The van der Waals surface area contributed by atoms with E-state index in [0.717, 1.165) is 62.1 Å². The molecule has 7 nitrogen and oxygen atoms in total. The SMILES string of the molecule is CCc1noc(C2(NCc3cccc(C(=O)N4CCCCC4)c3)CCOCC2)n1. The van der Waals surface area contributed by atoms with Gasteiger partial charge in [0.15, 0.2) is 5.82 Å². The standard InChI is InChI=1S/C22H30N4O3/c1-2-19-24-21(29-25-19)22(9-13-28-14-10-22)23-16-17-7-6-8-18(15-17)20(27)26-11-4-3-5-12-26/h6-8,15,23H,2-5,9-14,16H2,1H3. The van der Waals surface area contributed by atoms with Crippen molar-refractivity contribution in [3.63, 3.8) is 0 Å². The molecule has 2 aliphatic rings. The van der Waals surface area contributed by atoms with Crippen LogP contribution in [-0.4, -0.2) is 47.3 Å². The van der Waals surface area contributed by atoms with Gasteiger partial charge in [0, 0.05) is 44.8 Å². The number of carbonyl (C=O) groups excluding carboxylic acids is 1. The number of ether oxygens (including phenoxy) is 1. The molecule has 2 aromatic rings. The summed E-state index contributed by atoms with van der Waals surface area (Å²) in [5.74, 6) is 1.50. The summed E-state index contributed by atoms with van der Waals surface area (Å²) in [6.45, 7) is 5.69. The molecule has 0 atom stereocenters. The molecule has 0 bridgehead atoms. The highest BCUT2D eigenvalue weighted by Crippen LogP contribution is 2.31. The minimum Gasteiger partial charge on any atom is -0.381 e. The minimum atomic E-state index is -0.383. The van der Waals surface area contributed by atoms with Crippen molar-refractivity contribution in [3.8, 4) is 0 Å². The quantitative estimate of drug-likeness (QED) is 0.806. The van der Waals surface area contributed by atoms with Gasteiger partial charge in [-0.1, -0.05) is 24.2 Å². The van der Waals surface area contributed by atoms with Gasteiger partial charge in [0.1, 0.15) is 5.54 Å². The van der Waals surface area contributed by atoms with Gasteiger partial charge in [-0.15, -0.1) is 0 Å². The summed E-state index contributed by atoms with van der Waals surface area (Å²) in [4.78, 5) is 19.4. The molecular weight excluding hydrogens is 368 g/mol. The molecule has 2 saturated heterocycles. The lowest BCUT2D eigenvalue weighted by atomic mass is 9.89. The number of nitrogens with zero attached hydrogens (tertiary/aromatic N) is 3. The molecule has 2 aliphatic heterocycles. The highest BCUT2D eigenvalue weighted by molar-refractivity contribution is 5.94. The van der Waals surface area contributed by atoms with E-state index in [-0.39, 0.29) is 11.4 Å². The van der Waals surface area contributed by atoms with Crippen LogP contribution in [0.15, 0.2) is 28.8 Å². The number of aryl methyl sites for hydroxylation is 1. The second kappa shape index (κ2) is 9.05. The zero-order valence-electron chi connectivity index (χ0n) is 17.2. The van der Waals surface area contributed by atoms with E-state index in [1.54, 1.807) is 0 Å². The monoisotopic (exact) mass is 398 g/mol. The summed E-state index contributed by atoms with van der Waals surface area (Å²) in [5, 5.41) is 7.73. The van der Waals surface area contributed by atoms with Crippen LogP contribution in [0.4, 0.5) is 0 Å². The molecule has 3 heterocycles. The number of rotatable bonds is 6. The van der Waals surface area contributed by atoms with Crippen molar-refractivity contribution in [1.82, 2.24) is 20.4 Å². The van der Waals surface area contributed by atoms with Crippen LogP contribution in [0.25, 0.3) is 0 Å². The molecule has 4 rings (SSSR count). The Bertz CT molecular complexity index is 823. The molecule has 0 saturated carbocycles. The molecule has 1 aromatic carbocycles. The summed E-state index contributed by atoms with van der Waals surface area (Å²) in [6, 6.07) is 7.93. The summed E-state index contributed by atoms with van der Waals surface area (Å²) >= 11 is 0. The van der Waals surface area contributed by atoms with Crippen molar-refractivity contribution >= 4 is 5.91 Å². The molecule has 1 amide bonds. The summed E-state index contributed by atoms with van der Waals surface area (Å²) < 4.78 is 11.2. The van der Waals surface area contributed by atoms with E-state index < -0.39 is 0 Å². The second-order valence-electron chi connectivity index (χ2n) is 7.97. The highest BCUT2D eigenvalue weighted by atomic mass is 16.5. The Morgan fingerprint density at radius 3 is 2.72 bits per heavy atom. The summed E-state index contributed by atoms with van der Waals surface area (Å²) in [5.41, 5.74) is 1.46. The summed E-state index contributed by atoms with van der Waals surface area (Å²) in [7, 11) is 0. The number of piperidine rings is 1. The van der Waals surface area contributed by atoms with E-state index in [2.05, 4.69) is 21.5 Å². The lowest BCUT2D eigenvalue weighted by molar-refractivity contribution is 0.0218. The van der Waals surface area contributed by atoms with E-state index in [9.17, 15) is 4.79 Å². The van der Waals surface area contributed by atoms with Crippen molar-refractivity contribution in [2.24, 2.45) is 0 Å². The number of hydrogen-bond acceptors (Lipinski definition) is 6. The number of aromatic nitrogens is 2. The van der Waals surface area contributed by atoms with Crippen molar-refractivity contribution < 1.29 is 14.1 Å². The van der Waals surface area contributed by atoms with Gasteiger partial charge in [-0.3, -0.25) is 10.1 Å². The average molecular weight is 399 g/mol. The molecule has 2 fully saturated rings. The van der Waals surface area contributed by atoms with Crippen molar-refractivity contribution in [2.75, 3.05) is 26.3 Å². The van der Waals surface area contributed by atoms with E-state index in [0.29, 0.717) is 25.6 Å². The third kappa shape index (κ3) is 4.51. The van der Waals surface area contributed by atoms with Crippen LogP contribution >= 0.6 is 0 Å². The van der Waals surface area contributed by atoms with E-state index in [1.807, 2.05) is 30.0 Å². The lowest BCUT2D eigenvalue weighted by Gasteiger charge is -2.35. The highest BCUT2D eigenvalue weighted by Gasteiger charge is 2.39. The molecule has 156 valence electrons. The van der Waals surface area contributed by atoms with Gasteiger partial charge < -0.3 is 14.2 Å². The zero-order valence-corrected chi connectivity index (χ0v) is 17.2. The Morgan fingerprint density at radius 2 is 2.00 bits per heavy atom. The number of amides is 1. The molecular formula is C22H30N4O3. The largest absolute Gasteiger partial charge is 0.381 e. The molecule has 1 N–H and O–H groups in total. The van der Waals surface area contributed by atoms with Gasteiger partial charge in [0.05, 0.1) is 0 Å². The number of nitrogens with one attached hydrogen (secondary N) is 1. The second-order valence-corrected chi connectivity index (χ2v) is 7.97. The fourth-order valence-corrected chi connectivity index (χ4v) is 4.14. The number of likely N-dealkylation sites (tertiary alicyclic amines) is 1. The fraction of sp³-hybridized carbons (Fsp3) is 0.591. The first kappa shape index (κ1) is 20.0. The Balaban J connectivity index is 1.48. The smallest absolute Gasteiger partial charge is 0.253 e. The topological polar surface area (TPSA) is 80.5 Å². The van der Waals surface area contributed by atoms with Gasteiger partial charge in [0.25, 0.3) is 5.91 Å². The van der Waals surface area contributed by atoms with Crippen LogP contribution in [0.5, 0.6) is 0 Å². The van der Waals surface area contributed by atoms with Crippen LogP contribution in [0.3, 0.4) is 0 Å². The third-order valence-electron chi connectivity index (χ3n) is 5.99. The normalized spacial score (nSPS) is 19.3. The van der Waals surface area contributed by atoms with Gasteiger partial charge in [-0.05, 0) is 49.8 Å². The maximum absolute atomic E-state index is 12.8. The first-order valence-electron chi connectivity index (χ1n) is 10.7. The van der Waals surface area contributed by atoms with Gasteiger partial charge >= 0.3 is 0 Å².